The van der Waals surface area contributed by atoms with Crippen LogP contribution in [0.4, 0.5) is 0 Å². The normalized spacial score (nSPS) is 17.2. The van der Waals surface area contributed by atoms with Gasteiger partial charge in [-0.2, -0.15) is 0 Å². The van der Waals surface area contributed by atoms with Crippen molar-refractivity contribution in [3.8, 4) is 0 Å². The van der Waals surface area contributed by atoms with E-state index in [1.165, 1.54) is 11.1 Å². The number of hydrogen-bond acceptors (Lipinski definition) is 2. The van der Waals surface area contributed by atoms with Gasteiger partial charge in [-0.25, -0.2) is 0 Å². The van der Waals surface area contributed by atoms with Gasteiger partial charge in [-0.05, 0) is 60.4 Å². The van der Waals surface area contributed by atoms with E-state index in [-0.39, 0.29) is 5.41 Å². The Bertz CT molecular complexity index is 662. The lowest BCUT2D eigenvalue weighted by atomic mass is 9.77. The minimum atomic E-state index is 0.0633. The standard InChI is InChI=1S/C23H30ClNO/c1-23(2,20-8-10-21(24)11-9-20)16-22(19-6-4-3-5-7-19)25-17-18-12-14-26-15-13-18/h3-11,18,22,25H,12-17H2,1-2H3. The van der Waals surface area contributed by atoms with Crippen molar-refractivity contribution in [3.63, 3.8) is 0 Å². The van der Waals surface area contributed by atoms with Gasteiger partial charge in [0.1, 0.15) is 0 Å². The molecule has 140 valence electrons. The van der Waals surface area contributed by atoms with Crippen molar-refractivity contribution in [1.82, 2.24) is 5.32 Å². The molecule has 3 rings (SSSR count). The Kier molecular flexibility index (Phi) is 6.74. The van der Waals surface area contributed by atoms with Gasteiger partial charge < -0.3 is 10.1 Å². The van der Waals surface area contributed by atoms with Crippen LogP contribution in [0.5, 0.6) is 0 Å². The second-order valence-electron chi connectivity index (χ2n) is 8.02. The second kappa shape index (κ2) is 9.03. The maximum atomic E-state index is 6.08. The van der Waals surface area contributed by atoms with E-state index < -0.39 is 0 Å². The van der Waals surface area contributed by atoms with Crippen molar-refractivity contribution in [2.45, 2.75) is 44.6 Å². The third-order valence-corrected chi connectivity index (χ3v) is 5.79. The number of halogens is 1. The molecule has 1 fully saturated rings. The Labute approximate surface area is 162 Å². The average molecular weight is 372 g/mol. The van der Waals surface area contributed by atoms with E-state index in [9.17, 15) is 0 Å². The van der Waals surface area contributed by atoms with Gasteiger partial charge in [-0.1, -0.05) is 67.9 Å². The quantitative estimate of drug-likeness (QED) is 0.667. The van der Waals surface area contributed by atoms with Gasteiger partial charge in [0, 0.05) is 24.3 Å². The third-order valence-electron chi connectivity index (χ3n) is 5.54. The molecule has 1 aliphatic heterocycles. The molecule has 0 bridgehead atoms. The Hall–Kier alpha value is -1.35. The van der Waals surface area contributed by atoms with Gasteiger partial charge in [0.2, 0.25) is 0 Å². The van der Waals surface area contributed by atoms with Gasteiger partial charge in [-0.3, -0.25) is 0 Å². The molecule has 0 spiro atoms. The van der Waals surface area contributed by atoms with E-state index in [4.69, 9.17) is 16.3 Å². The lowest BCUT2D eigenvalue weighted by Crippen LogP contribution is -2.34. The van der Waals surface area contributed by atoms with Crippen LogP contribution in [-0.2, 0) is 10.2 Å². The van der Waals surface area contributed by atoms with Crippen LogP contribution in [-0.4, -0.2) is 19.8 Å². The molecule has 1 N–H and O–H groups in total. The van der Waals surface area contributed by atoms with Crippen LogP contribution >= 0.6 is 11.6 Å². The van der Waals surface area contributed by atoms with Crippen LogP contribution in [0.25, 0.3) is 0 Å². The molecule has 0 saturated carbocycles. The molecule has 1 heterocycles. The number of ether oxygens (including phenoxy) is 1. The van der Waals surface area contributed by atoms with E-state index in [0.717, 1.165) is 44.0 Å². The first-order valence-corrected chi connectivity index (χ1v) is 10.0. The van der Waals surface area contributed by atoms with Crippen LogP contribution in [0.1, 0.15) is 50.3 Å². The van der Waals surface area contributed by atoms with Gasteiger partial charge >= 0.3 is 0 Å². The maximum Gasteiger partial charge on any atom is 0.0469 e. The van der Waals surface area contributed by atoms with Crippen molar-refractivity contribution in [1.29, 1.82) is 0 Å². The van der Waals surface area contributed by atoms with Gasteiger partial charge in [0.15, 0.2) is 0 Å². The summed E-state index contributed by atoms with van der Waals surface area (Å²) in [5, 5.41) is 4.65. The third kappa shape index (κ3) is 5.33. The summed E-state index contributed by atoms with van der Waals surface area (Å²) in [5.41, 5.74) is 2.76. The SMILES string of the molecule is CC(C)(CC(NCC1CCOCC1)c1ccccc1)c1ccc(Cl)cc1. The lowest BCUT2D eigenvalue weighted by Gasteiger charge is -2.33. The van der Waals surface area contributed by atoms with E-state index in [1.807, 2.05) is 12.1 Å². The number of rotatable bonds is 7. The summed E-state index contributed by atoms with van der Waals surface area (Å²) in [6.45, 7) is 7.50. The van der Waals surface area contributed by atoms with Crippen LogP contribution in [0.15, 0.2) is 54.6 Å². The molecule has 1 saturated heterocycles. The number of benzene rings is 2. The fraction of sp³-hybridized carbons (Fsp3) is 0.478. The molecular formula is C23H30ClNO. The molecule has 26 heavy (non-hydrogen) atoms. The molecule has 1 atom stereocenters. The highest BCUT2D eigenvalue weighted by molar-refractivity contribution is 6.30. The fourth-order valence-corrected chi connectivity index (χ4v) is 3.91. The largest absolute Gasteiger partial charge is 0.381 e. The Morgan fingerprint density at radius 2 is 1.69 bits per heavy atom. The van der Waals surface area contributed by atoms with Gasteiger partial charge in [0.25, 0.3) is 0 Å². The van der Waals surface area contributed by atoms with Crippen LogP contribution in [0, 0.1) is 5.92 Å². The minimum Gasteiger partial charge on any atom is -0.381 e. The lowest BCUT2D eigenvalue weighted by molar-refractivity contribution is 0.0651. The van der Waals surface area contributed by atoms with E-state index in [2.05, 4.69) is 61.6 Å². The summed E-state index contributed by atoms with van der Waals surface area (Å²) in [6.07, 6.45) is 3.37. The predicted molar refractivity (Wildman–Crippen MR) is 110 cm³/mol. The van der Waals surface area contributed by atoms with Crippen molar-refractivity contribution in [3.05, 3.63) is 70.7 Å². The molecule has 2 nitrogen and oxygen atoms in total. The highest BCUT2D eigenvalue weighted by Crippen LogP contribution is 2.34. The Morgan fingerprint density at radius 3 is 2.35 bits per heavy atom. The summed E-state index contributed by atoms with van der Waals surface area (Å²) in [4.78, 5) is 0. The number of hydrogen-bond donors (Lipinski definition) is 1. The van der Waals surface area contributed by atoms with E-state index in [0.29, 0.717) is 12.0 Å². The zero-order valence-electron chi connectivity index (χ0n) is 15.9. The van der Waals surface area contributed by atoms with E-state index in [1.54, 1.807) is 0 Å². The van der Waals surface area contributed by atoms with Gasteiger partial charge in [-0.15, -0.1) is 0 Å². The zero-order chi connectivity index (χ0) is 18.4. The summed E-state index contributed by atoms with van der Waals surface area (Å²) in [7, 11) is 0. The smallest absolute Gasteiger partial charge is 0.0469 e. The molecule has 0 radical (unpaired) electrons. The van der Waals surface area contributed by atoms with Crippen molar-refractivity contribution in [2.75, 3.05) is 19.8 Å². The van der Waals surface area contributed by atoms with Crippen molar-refractivity contribution in [2.24, 2.45) is 5.92 Å². The zero-order valence-corrected chi connectivity index (χ0v) is 16.6. The first kappa shape index (κ1) is 19.4. The van der Waals surface area contributed by atoms with Crippen molar-refractivity contribution >= 4 is 11.6 Å². The molecule has 3 heteroatoms. The first-order chi connectivity index (χ1) is 12.5. The average Bonchev–Trinajstić information content (AvgIpc) is 2.67. The monoisotopic (exact) mass is 371 g/mol. The molecule has 1 aliphatic rings. The second-order valence-corrected chi connectivity index (χ2v) is 8.46. The molecule has 0 amide bonds. The molecular weight excluding hydrogens is 342 g/mol. The minimum absolute atomic E-state index is 0.0633. The van der Waals surface area contributed by atoms with Crippen molar-refractivity contribution < 1.29 is 4.74 Å². The topological polar surface area (TPSA) is 21.3 Å². The highest BCUT2D eigenvalue weighted by atomic mass is 35.5. The summed E-state index contributed by atoms with van der Waals surface area (Å²) in [6, 6.07) is 19.5. The van der Waals surface area contributed by atoms with Crippen LogP contribution in [0.3, 0.4) is 0 Å². The number of nitrogens with one attached hydrogen (secondary N) is 1. The van der Waals surface area contributed by atoms with Gasteiger partial charge in [0.05, 0.1) is 0 Å². The Morgan fingerprint density at radius 1 is 1.04 bits per heavy atom. The summed E-state index contributed by atoms with van der Waals surface area (Å²) < 4.78 is 5.50. The molecule has 2 aromatic rings. The molecule has 1 unspecified atom stereocenters. The summed E-state index contributed by atoms with van der Waals surface area (Å²) in [5.74, 6) is 0.716. The fourth-order valence-electron chi connectivity index (χ4n) is 3.78. The molecule has 2 aromatic carbocycles. The molecule has 0 aromatic heterocycles. The first-order valence-electron chi connectivity index (χ1n) is 9.67. The predicted octanol–water partition coefficient (Wildman–Crippen LogP) is 5.77. The highest BCUT2D eigenvalue weighted by Gasteiger charge is 2.27. The molecule has 0 aliphatic carbocycles. The van der Waals surface area contributed by atoms with Crippen LogP contribution < -0.4 is 5.32 Å². The Balaban J connectivity index is 1.73. The van der Waals surface area contributed by atoms with E-state index >= 15 is 0 Å². The summed E-state index contributed by atoms with van der Waals surface area (Å²) >= 11 is 6.08. The maximum absolute atomic E-state index is 6.08. The van der Waals surface area contributed by atoms with Crippen LogP contribution in [0.2, 0.25) is 5.02 Å².